The number of hydrogen-bond donors (Lipinski definition) is 0. The lowest BCUT2D eigenvalue weighted by atomic mass is 9.85. The van der Waals surface area contributed by atoms with Gasteiger partial charge in [0.05, 0.1) is 13.5 Å². The van der Waals surface area contributed by atoms with Crippen LogP contribution in [0.1, 0.15) is 57.6 Å². The van der Waals surface area contributed by atoms with E-state index in [2.05, 4.69) is 52.0 Å². The Balaban J connectivity index is 2.85. The lowest BCUT2D eigenvalue weighted by Crippen LogP contribution is -2.12. The summed E-state index contributed by atoms with van der Waals surface area (Å²) in [5, 5.41) is 0. The van der Waals surface area contributed by atoms with Crippen molar-refractivity contribution in [3.05, 3.63) is 35.4 Å². The molecule has 0 aliphatic heterocycles. The largest absolute Gasteiger partial charge is 0.469 e. The molecule has 1 atom stereocenters. The SMILES string of the molecule is CCC(CC(=O)OC)c1ccc(C(C)(C)C)cc1. The number of carbonyl (C=O) groups is 1. The van der Waals surface area contributed by atoms with E-state index >= 15 is 0 Å². The summed E-state index contributed by atoms with van der Waals surface area (Å²) in [6.07, 6.45) is 1.41. The van der Waals surface area contributed by atoms with Gasteiger partial charge in [-0.15, -0.1) is 0 Å². The molecule has 0 spiro atoms. The molecule has 0 saturated heterocycles. The van der Waals surface area contributed by atoms with Gasteiger partial charge in [0.2, 0.25) is 0 Å². The topological polar surface area (TPSA) is 26.3 Å². The molecule has 2 heteroatoms. The van der Waals surface area contributed by atoms with Gasteiger partial charge in [0.25, 0.3) is 0 Å². The molecule has 2 nitrogen and oxygen atoms in total. The maximum absolute atomic E-state index is 11.4. The third kappa shape index (κ3) is 3.86. The number of esters is 1. The highest BCUT2D eigenvalue weighted by Gasteiger charge is 2.17. The molecule has 0 aromatic heterocycles. The van der Waals surface area contributed by atoms with Gasteiger partial charge in [-0.1, -0.05) is 52.0 Å². The highest BCUT2D eigenvalue weighted by Crippen LogP contribution is 2.27. The van der Waals surface area contributed by atoms with Crippen LogP contribution in [0.4, 0.5) is 0 Å². The van der Waals surface area contributed by atoms with Crippen molar-refractivity contribution in [1.82, 2.24) is 0 Å². The predicted octanol–water partition coefficient (Wildman–Crippen LogP) is 4.04. The Morgan fingerprint density at radius 2 is 1.78 bits per heavy atom. The van der Waals surface area contributed by atoms with Crippen molar-refractivity contribution in [1.29, 1.82) is 0 Å². The van der Waals surface area contributed by atoms with Crippen LogP contribution in [-0.4, -0.2) is 13.1 Å². The van der Waals surface area contributed by atoms with E-state index in [-0.39, 0.29) is 17.3 Å². The molecule has 0 aliphatic rings. The minimum absolute atomic E-state index is 0.137. The van der Waals surface area contributed by atoms with E-state index in [1.165, 1.54) is 18.2 Å². The maximum Gasteiger partial charge on any atom is 0.306 e. The van der Waals surface area contributed by atoms with Crippen molar-refractivity contribution in [3.63, 3.8) is 0 Å². The van der Waals surface area contributed by atoms with Gasteiger partial charge in [0.1, 0.15) is 0 Å². The van der Waals surface area contributed by atoms with Crippen molar-refractivity contribution < 1.29 is 9.53 Å². The summed E-state index contributed by atoms with van der Waals surface area (Å²) in [7, 11) is 1.44. The van der Waals surface area contributed by atoms with E-state index in [0.717, 1.165) is 6.42 Å². The van der Waals surface area contributed by atoms with Gasteiger partial charge in [-0.25, -0.2) is 0 Å². The molecule has 18 heavy (non-hydrogen) atoms. The fourth-order valence-corrected chi connectivity index (χ4v) is 2.04. The molecule has 0 fully saturated rings. The highest BCUT2D eigenvalue weighted by atomic mass is 16.5. The van der Waals surface area contributed by atoms with E-state index in [4.69, 9.17) is 4.74 Å². The molecule has 0 heterocycles. The average Bonchev–Trinajstić information content (AvgIpc) is 2.34. The first kappa shape index (κ1) is 14.7. The summed E-state index contributed by atoms with van der Waals surface area (Å²) in [4.78, 5) is 11.4. The summed E-state index contributed by atoms with van der Waals surface area (Å²) in [5.74, 6) is 0.119. The van der Waals surface area contributed by atoms with Crippen molar-refractivity contribution in [2.75, 3.05) is 7.11 Å². The lowest BCUT2D eigenvalue weighted by Gasteiger charge is -2.20. The molecule has 1 aromatic rings. The molecule has 0 radical (unpaired) electrons. The van der Waals surface area contributed by atoms with Crippen molar-refractivity contribution >= 4 is 5.97 Å². The Hall–Kier alpha value is -1.31. The zero-order chi connectivity index (χ0) is 13.8. The lowest BCUT2D eigenvalue weighted by molar-refractivity contribution is -0.141. The number of rotatable bonds is 4. The van der Waals surface area contributed by atoms with Gasteiger partial charge in [0.15, 0.2) is 0 Å². The van der Waals surface area contributed by atoms with Crippen molar-refractivity contribution in [2.45, 2.75) is 51.9 Å². The van der Waals surface area contributed by atoms with Crippen LogP contribution in [-0.2, 0) is 14.9 Å². The molecule has 1 rings (SSSR count). The number of methoxy groups -OCH3 is 1. The molecule has 0 N–H and O–H groups in total. The van der Waals surface area contributed by atoms with Crippen LogP contribution >= 0.6 is 0 Å². The fraction of sp³-hybridized carbons (Fsp3) is 0.562. The van der Waals surface area contributed by atoms with Crippen molar-refractivity contribution in [3.8, 4) is 0 Å². The first-order valence-corrected chi connectivity index (χ1v) is 6.55. The van der Waals surface area contributed by atoms with Gasteiger partial charge in [-0.05, 0) is 28.9 Å². The molecule has 1 aromatic carbocycles. The summed E-state index contributed by atoms with van der Waals surface area (Å²) in [5.41, 5.74) is 2.71. The summed E-state index contributed by atoms with van der Waals surface area (Å²) >= 11 is 0. The van der Waals surface area contributed by atoms with E-state index in [9.17, 15) is 4.79 Å². The van der Waals surface area contributed by atoms with Gasteiger partial charge in [0, 0.05) is 0 Å². The molecule has 1 unspecified atom stereocenters. The molecule has 0 saturated carbocycles. The third-order valence-electron chi connectivity index (χ3n) is 3.38. The second-order valence-electron chi connectivity index (χ2n) is 5.76. The zero-order valence-corrected chi connectivity index (χ0v) is 12.1. The summed E-state index contributed by atoms with van der Waals surface area (Å²) in [6.45, 7) is 8.71. The van der Waals surface area contributed by atoms with E-state index < -0.39 is 0 Å². The Morgan fingerprint density at radius 3 is 2.17 bits per heavy atom. The number of benzene rings is 1. The second-order valence-corrected chi connectivity index (χ2v) is 5.76. The van der Waals surface area contributed by atoms with Crippen LogP contribution in [0, 0.1) is 0 Å². The minimum atomic E-state index is -0.137. The normalized spacial score (nSPS) is 13.2. The Kier molecular flexibility index (Phi) is 4.94. The number of ether oxygens (including phenoxy) is 1. The van der Waals surface area contributed by atoms with Crippen LogP contribution in [0.2, 0.25) is 0 Å². The van der Waals surface area contributed by atoms with Crippen LogP contribution in [0.5, 0.6) is 0 Å². The smallest absolute Gasteiger partial charge is 0.306 e. The number of carbonyl (C=O) groups excluding carboxylic acids is 1. The van der Waals surface area contributed by atoms with Gasteiger partial charge < -0.3 is 4.74 Å². The first-order valence-electron chi connectivity index (χ1n) is 6.55. The van der Waals surface area contributed by atoms with Crippen LogP contribution in [0.3, 0.4) is 0 Å². The van der Waals surface area contributed by atoms with E-state index in [1.54, 1.807) is 0 Å². The quantitative estimate of drug-likeness (QED) is 0.752. The van der Waals surface area contributed by atoms with Crippen molar-refractivity contribution in [2.24, 2.45) is 0 Å². The molecular weight excluding hydrogens is 224 g/mol. The Morgan fingerprint density at radius 1 is 1.22 bits per heavy atom. The summed E-state index contributed by atoms with van der Waals surface area (Å²) in [6, 6.07) is 8.60. The first-order chi connectivity index (χ1) is 8.38. The minimum Gasteiger partial charge on any atom is -0.469 e. The fourth-order valence-electron chi connectivity index (χ4n) is 2.04. The van der Waals surface area contributed by atoms with Crippen LogP contribution in [0.25, 0.3) is 0 Å². The monoisotopic (exact) mass is 248 g/mol. The Labute approximate surface area is 110 Å². The van der Waals surface area contributed by atoms with E-state index in [1.807, 2.05) is 0 Å². The molecule has 0 aliphatic carbocycles. The van der Waals surface area contributed by atoms with Gasteiger partial charge in [-0.3, -0.25) is 4.79 Å². The van der Waals surface area contributed by atoms with Gasteiger partial charge in [-0.2, -0.15) is 0 Å². The molecule has 0 amide bonds. The molecular formula is C16H24O2. The third-order valence-corrected chi connectivity index (χ3v) is 3.38. The highest BCUT2D eigenvalue weighted by molar-refractivity contribution is 5.70. The number of hydrogen-bond acceptors (Lipinski definition) is 2. The average molecular weight is 248 g/mol. The zero-order valence-electron chi connectivity index (χ0n) is 12.1. The standard InChI is InChI=1S/C16H24O2/c1-6-12(11-15(17)18-5)13-7-9-14(10-8-13)16(2,3)4/h7-10,12H,6,11H2,1-5H3. The van der Waals surface area contributed by atoms with Crippen LogP contribution < -0.4 is 0 Å². The predicted molar refractivity (Wildman–Crippen MR) is 74.8 cm³/mol. The molecule has 100 valence electrons. The van der Waals surface area contributed by atoms with E-state index in [0.29, 0.717) is 6.42 Å². The maximum atomic E-state index is 11.4. The summed E-state index contributed by atoms with van der Waals surface area (Å²) < 4.78 is 4.74. The second kappa shape index (κ2) is 6.03. The van der Waals surface area contributed by atoms with Gasteiger partial charge >= 0.3 is 5.97 Å². The Bertz CT molecular complexity index is 385. The molecule has 0 bridgehead atoms. The van der Waals surface area contributed by atoms with Crippen LogP contribution in [0.15, 0.2) is 24.3 Å².